The first kappa shape index (κ1) is 15.7. The standard InChI is InChI=1S/C15H17N3O4S/c1-9-14(10(2)22-18-9)23(20,21)17-8-11-7-16-15(19)13-6-4-3-5-12(11)13/h3-6,11,17H,7-8H2,1-2H3,(H,16,19). The van der Waals surface area contributed by atoms with Crippen molar-refractivity contribution in [2.75, 3.05) is 13.1 Å². The Morgan fingerprint density at radius 2 is 2.09 bits per heavy atom. The molecule has 0 radical (unpaired) electrons. The number of hydrogen-bond acceptors (Lipinski definition) is 5. The highest BCUT2D eigenvalue weighted by molar-refractivity contribution is 7.89. The molecular weight excluding hydrogens is 318 g/mol. The van der Waals surface area contributed by atoms with E-state index in [0.29, 0.717) is 17.8 Å². The Kier molecular flexibility index (Phi) is 3.95. The molecule has 8 heteroatoms. The molecule has 2 aromatic rings. The first-order valence-electron chi connectivity index (χ1n) is 7.20. The van der Waals surface area contributed by atoms with E-state index < -0.39 is 10.0 Å². The molecule has 2 heterocycles. The number of fused-ring (bicyclic) bond motifs is 1. The highest BCUT2D eigenvalue weighted by Gasteiger charge is 2.28. The molecule has 2 N–H and O–H groups in total. The number of rotatable bonds is 4. The Morgan fingerprint density at radius 3 is 2.78 bits per heavy atom. The smallest absolute Gasteiger partial charge is 0.251 e. The Morgan fingerprint density at radius 1 is 1.35 bits per heavy atom. The van der Waals surface area contributed by atoms with E-state index in [9.17, 15) is 13.2 Å². The number of sulfonamides is 1. The number of carbonyl (C=O) groups is 1. The molecule has 1 unspecified atom stereocenters. The maximum Gasteiger partial charge on any atom is 0.251 e. The van der Waals surface area contributed by atoms with E-state index in [2.05, 4.69) is 15.2 Å². The summed E-state index contributed by atoms with van der Waals surface area (Å²) in [6.45, 7) is 3.72. The Balaban J connectivity index is 1.82. The third kappa shape index (κ3) is 2.87. The molecule has 0 fully saturated rings. The molecule has 7 nitrogen and oxygen atoms in total. The van der Waals surface area contributed by atoms with Crippen molar-refractivity contribution in [1.82, 2.24) is 15.2 Å². The predicted octanol–water partition coefficient (Wildman–Crippen LogP) is 1.10. The lowest BCUT2D eigenvalue weighted by atomic mass is 9.91. The van der Waals surface area contributed by atoms with Crippen molar-refractivity contribution in [3.8, 4) is 0 Å². The fraction of sp³-hybridized carbons (Fsp3) is 0.333. The molecule has 0 spiro atoms. The Labute approximate surface area is 134 Å². The third-order valence-corrected chi connectivity index (χ3v) is 5.58. The minimum atomic E-state index is -3.71. The van der Waals surface area contributed by atoms with Crippen LogP contribution in [0.25, 0.3) is 0 Å². The van der Waals surface area contributed by atoms with Crippen LogP contribution < -0.4 is 10.0 Å². The zero-order valence-electron chi connectivity index (χ0n) is 12.8. The largest absolute Gasteiger partial charge is 0.360 e. The summed E-state index contributed by atoms with van der Waals surface area (Å²) in [5, 5.41) is 6.45. The van der Waals surface area contributed by atoms with E-state index in [1.165, 1.54) is 0 Å². The van der Waals surface area contributed by atoms with Crippen LogP contribution in [0.4, 0.5) is 0 Å². The maximum atomic E-state index is 12.5. The normalized spacial score (nSPS) is 17.7. The summed E-state index contributed by atoms with van der Waals surface area (Å²) >= 11 is 0. The Bertz CT molecular complexity index is 838. The minimum absolute atomic E-state index is 0.0747. The van der Waals surface area contributed by atoms with Gasteiger partial charge < -0.3 is 9.84 Å². The van der Waals surface area contributed by atoms with E-state index in [0.717, 1.165) is 5.56 Å². The average Bonchev–Trinajstić information content (AvgIpc) is 2.86. The average molecular weight is 335 g/mol. The van der Waals surface area contributed by atoms with Gasteiger partial charge >= 0.3 is 0 Å². The van der Waals surface area contributed by atoms with Crippen molar-refractivity contribution >= 4 is 15.9 Å². The SMILES string of the molecule is Cc1noc(C)c1S(=O)(=O)NCC1CNC(=O)c2ccccc21. The third-order valence-electron chi connectivity index (χ3n) is 3.91. The van der Waals surface area contributed by atoms with Crippen molar-refractivity contribution in [3.63, 3.8) is 0 Å². The zero-order valence-corrected chi connectivity index (χ0v) is 13.6. The summed E-state index contributed by atoms with van der Waals surface area (Å²) in [6.07, 6.45) is 0. The van der Waals surface area contributed by atoms with Gasteiger partial charge in [-0.15, -0.1) is 0 Å². The molecule has 1 aliphatic heterocycles. The fourth-order valence-corrected chi connectivity index (χ4v) is 4.21. The summed E-state index contributed by atoms with van der Waals surface area (Å²) in [6, 6.07) is 7.21. The molecule has 122 valence electrons. The number of amides is 1. The number of aryl methyl sites for hydroxylation is 2. The summed E-state index contributed by atoms with van der Waals surface area (Å²) < 4.78 is 32.4. The molecule has 1 aromatic heterocycles. The summed E-state index contributed by atoms with van der Waals surface area (Å²) in [5.41, 5.74) is 1.75. The van der Waals surface area contributed by atoms with Crippen LogP contribution in [-0.2, 0) is 10.0 Å². The van der Waals surface area contributed by atoms with Crippen molar-refractivity contribution in [3.05, 3.63) is 46.8 Å². The second kappa shape index (κ2) is 5.78. The van der Waals surface area contributed by atoms with Gasteiger partial charge in [-0.2, -0.15) is 0 Å². The first-order valence-corrected chi connectivity index (χ1v) is 8.68. The highest BCUT2D eigenvalue weighted by atomic mass is 32.2. The topological polar surface area (TPSA) is 101 Å². The van der Waals surface area contributed by atoms with Crippen LogP contribution in [0.1, 0.15) is 33.3 Å². The lowest BCUT2D eigenvalue weighted by Crippen LogP contribution is -2.40. The van der Waals surface area contributed by atoms with E-state index in [4.69, 9.17) is 4.52 Å². The van der Waals surface area contributed by atoms with Gasteiger partial charge in [0.25, 0.3) is 5.91 Å². The molecule has 0 aliphatic carbocycles. The van der Waals surface area contributed by atoms with Gasteiger partial charge in [0.15, 0.2) is 5.76 Å². The molecule has 23 heavy (non-hydrogen) atoms. The molecule has 0 saturated heterocycles. The fourth-order valence-electron chi connectivity index (χ4n) is 2.80. The number of aromatic nitrogens is 1. The van der Waals surface area contributed by atoms with Crippen LogP contribution >= 0.6 is 0 Å². The van der Waals surface area contributed by atoms with Crippen LogP contribution in [0, 0.1) is 13.8 Å². The van der Waals surface area contributed by atoms with E-state index >= 15 is 0 Å². The molecule has 0 saturated carbocycles. The van der Waals surface area contributed by atoms with Gasteiger partial charge in [-0.25, -0.2) is 13.1 Å². The summed E-state index contributed by atoms with van der Waals surface area (Å²) in [5.74, 6) is -0.00285. The van der Waals surface area contributed by atoms with Crippen molar-refractivity contribution in [2.45, 2.75) is 24.7 Å². The molecular formula is C15H17N3O4S. The number of nitrogens with one attached hydrogen (secondary N) is 2. The second-order valence-electron chi connectivity index (χ2n) is 5.50. The van der Waals surface area contributed by atoms with E-state index in [1.807, 2.05) is 12.1 Å². The van der Waals surface area contributed by atoms with Gasteiger partial charge in [-0.05, 0) is 25.5 Å². The zero-order chi connectivity index (χ0) is 16.6. The van der Waals surface area contributed by atoms with Gasteiger partial charge in [-0.3, -0.25) is 4.79 Å². The molecule has 1 amide bonds. The van der Waals surface area contributed by atoms with E-state index in [-0.39, 0.29) is 29.0 Å². The highest BCUT2D eigenvalue weighted by Crippen LogP contribution is 2.24. The lowest BCUT2D eigenvalue weighted by molar-refractivity contribution is 0.0940. The van der Waals surface area contributed by atoms with Crippen molar-refractivity contribution in [1.29, 1.82) is 0 Å². The van der Waals surface area contributed by atoms with Gasteiger partial charge in [0.1, 0.15) is 10.6 Å². The van der Waals surface area contributed by atoms with Gasteiger partial charge in [-0.1, -0.05) is 23.4 Å². The Hall–Kier alpha value is -2.19. The minimum Gasteiger partial charge on any atom is -0.360 e. The second-order valence-corrected chi connectivity index (χ2v) is 7.20. The van der Waals surface area contributed by atoms with Crippen LogP contribution in [0.2, 0.25) is 0 Å². The monoisotopic (exact) mass is 335 g/mol. The maximum absolute atomic E-state index is 12.5. The van der Waals surface area contributed by atoms with Gasteiger partial charge in [0.05, 0.1) is 0 Å². The van der Waals surface area contributed by atoms with E-state index in [1.54, 1.807) is 26.0 Å². The molecule has 1 aliphatic rings. The first-order chi connectivity index (χ1) is 10.9. The molecule has 3 rings (SSSR count). The number of hydrogen-bond donors (Lipinski definition) is 2. The number of nitrogens with zero attached hydrogens (tertiary/aromatic N) is 1. The van der Waals surface area contributed by atoms with Crippen LogP contribution in [0.3, 0.4) is 0 Å². The van der Waals surface area contributed by atoms with Crippen LogP contribution in [-0.4, -0.2) is 32.6 Å². The van der Waals surface area contributed by atoms with Crippen LogP contribution in [0.5, 0.6) is 0 Å². The molecule has 0 bridgehead atoms. The molecule has 1 aromatic carbocycles. The van der Waals surface area contributed by atoms with Crippen LogP contribution in [0.15, 0.2) is 33.7 Å². The predicted molar refractivity (Wildman–Crippen MR) is 82.7 cm³/mol. The summed E-state index contributed by atoms with van der Waals surface area (Å²) in [4.78, 5) is 11.9. The lowest BCUT2D eigenvalue weighted by Gasteiger charge is -2.25. The summed E-state index contributed by atoms with van der Waals surface area (Å²) in [7, 11) is -3.71. The quantitative estimate of drug-likeness (QED) is 0.871. The number of carbonyl (C=O) groups excluding carboxylic acids is 1. The van der Waals surface area contributed by atoms with Crippen molar-refractivity contribution in [2.24, 2.45) is 0 Å². The van der Waals surface area contributed by atoms with Gasteiger partial charge in [0.2, 0.25) is 10.0 Å². The molecule has 1 atom stereocenters. The van der Waals surface area contributed by atoms with Gasteiger partial charge in [0, 0.05) is 24.6 Å². The number of benzene rings is 1. The van der Waals surface area contributed by atoms with Crippen molar-refractivity contribution < 1.29 is 17.7 Å².